The number of nitriles is 1. The Hall–Kier alpha value is -1.49. The van der Waals surface area contributed by atoms with E-state index < -0.39 is 0 Å². The molecule has 0 aromatic heterocycles. The summed E-state index contributed by atoms with van der Waals surface area (Å²) in [6, 6.07) is 8.03. The van der Waals surface area contributed by atoms with Crippen molar-refractivity contribution < 1.29 is 0 Å². The second kappa shape index (κ2) is 5.55. The Kier molecular flexibility index (Phi) is 4.37. The minimum atomic E-state index is 0.723. The molecule has 0 unspecified atom stereocenters. The maximum atomic E-state index is 8.80. The van der Waals surface area contributed by atoms with Crippen molar-refractivity contribution in [3.05, 3.63) is 29.3 Å². The van der Waals surface area contributed by atoms with E-state index in [0.717, 1.165) is 18.0 Å². The first-order valence-electron chi connectivity index (χ1n) is 5.76. The summed E-state index contributed by atoms with van der Waals surface area (Å²) in [5.41, 5.74) is 3.13. The molecule has 0 aliphatic heterocycles. The van der Waals surface area contributed by atoms with Crippen molar-refractivity contribution >= 4 is 5.69 Å². The zero-order valence-corrected chi connectivity index (χ0v) is 10.6. The fourth-order valence-electron chi connectivity index (χ4n) is 1.73. The quantitative estimate of drug-likeness (QED) is 0.771. The molecule has 0 atom stereocenters. The maximum Gasteiger partial charge on any atom is 0.0991 e. The maximum absolute atomic E-state index is 8.80. The molecule has 1 aromatic carbocycles. The van der Waals surface area contributed by atoms with Gasteiger partial charge >= 0.3 is 0 Å². The van der Waals surface area contributed by atoms with Crippen molar-refractivity contribution in [2.75, 3.05) is 18.5 Å². The van der Waals surface area contributed by atoms with Crippen LogP contribution in [0.5, 0.6) is 0 Å². The summed E-state index contributed by atoms with van der Waals surface area (Å²) in [6.45, 7) is 7.59. The molecular formula is C14H20N2. The summed E-state index contributed by atoms with van der Waals surface area (Å²) in [7, 11) is 2.11. The average Bonchev–Trinajstić information content (AvgIpc) is 2.25. The van der Waals surface area contributed by atoms with Gasteiger partial charge in [0, 0.05) is 19.3 Å². The highest BCUT2D eigenvalue weighted by molar-refractivity contribution is 5.55. The van der Waals surface area contributed by atoms with Gasteiger partial charge in [0.25, 0.3) is 0 Å². The van der Waals surface area contributed by atoms with Crippen LogP contribution in [0.15, 0.2) is 18.2 Å². The second-order valence-corrected chi connectivity index (χ2v) is 4.72. The van der Waals surface area contributed by atoms with Crippen LogP contribution in [0.1, 0.15) is 31.4 Å². The summed E-state index contributed by atoms with van der Waals surface area (Å²) in [5.74, 6) is 0.723. The first-order valence-corrected chi connectivity index (χ1v) is 5.76. The highest BCUT2D eigenvalue weighted by Crippen LogP contribution is 2.20. The van der Waals surface area contributed by atoms with Crippen LogP contribution in [0.25, 0.3) is 0 Å². The van der Waals surface area contributed by atoms with Gasteiger partial charge in [0.2, 0.25) is 0 Å². The van der Waals surface area contributed by atoms with E-state index in [1.54, 1.807) is 0 Å². The van der Waals surface area contributed by atoms with Gasteiger partial charge in [-0.1, -0.05) is 13.8 Å². The van der Waals surface area contributed by atoms with Gasteiger partial charge in [0.15, 0.2) is 0 Å². The molecule has 0 saturated heterocycles. The van der Waals surface area contributed by atoms with Gasteiger partial charge < -0.3 is 4.90 Å². The summed E-state index contributed by atoms with van der Waals surface area (Å²) >= 11 is 0. The van der Waals surface area contributed by atoms with Crippen molar-refractivity contribution in [3.8, 4) is 6.07 Å². The Bertz CT molecular complexity index is 388. The lowest BCUT2D eigenvalue weighted by molar-refractivity contribution is 0.585. The van der Waals surface area contributed by atoms with Gasteiger partial charge in [-0.05, 0) is 43.0 Å². The summed E-state index contributed by atoms with van der Waals surface area (Å²) in [4.78, 5) is 2.26. The molecule has 0 spiro atoms. The minimum absolute atomic E-state index is 0.723. The number of hydrogen-bond acceptors (Lipinski definition) is 2. The fraction of sp³-hybridized carbons (Fsp3) is 0.500. The molecule has 0 N–H and O–H groups in total. The third-order valence-electron chi connectivity index (χ3n) is 2.78. The molecule has 0 aliphatic carbocycles. The standard InChI is InChI=1S/C14H20N2/c1-11(2)7-8-16(4)14-6-5-13(10-15)9-12(14)3/h5-6,9,11H,7-8H2,1-4H3. The average molecular weight is 216 g/mol. The van der Waals surface area contributed by atoms with Crippen LogP contribution in [-0.4, -0.2) is 13.6 Å². The third kappa shape index (κ3) is 3.27. The van der Waals surface area contributed by atoms with E-state index in [4.69, 9.17) is 5.26 Å². The Morgan fingerprint density at radius 1 is 1.38 bits per heavy atom. The van der Waals surface area contributed by atoms with E-state index in [1.807, 2.05) is 18.2 Å². The predicted octanol–water partition coefficient (Wildman–Crippen LogP) is 3.35. The molecule has 0 amide bonds. The first-order chi connectivity index (χ1) is 7.54. The topological polar surface area (TPSA) is 27.0 Å². The number of rotatable bonds is 4. The van der Waals surface area contributed by atoms with Crippen LogP contribution in [0.3, 0.4) is 0 Å². The second-order valence-electron chi connectivity index (χ2n) is 4.72. The van der Waals surface area contributed by atoms with E-state index in [-0.39, 0.29) is 0 Å². The molecule has 86 valence electrons. The van der Waals surface area contributed by atoms with Crippen LogP contribution < -0.4 is 4.90 Å². The molecule has 0 fully saturated rings. The van der Waals surface area contributed by atoms with Gasteiger partial charge in [-0.15, -0.1) is 0 Å². The molecule has 0 aliphatic rings. The number of benzene rings is 1. The van der Waals surface area contributed by atoms with Crippen LogP contribution in [0.2, 0.25) is 0 Å². The van der Waals surface area contributed by atoms with E-state index in [1.165, 1.54) is 17.7 Å². The zero-order valence-electron chi connectivity index (χ0n) is 10.6. The summed E-state index contributed by atoms with van der Waals surface area (Å²) in [5, 5.41) is 8.80. The van der Waals surface area contributed by atoms with E-state index >= 15 is 0 Å². The molecule has 16 heavy (non-hydrogen) atoms. The first kappa shape index (κ1) is 12.6. The van der Waals surface area contributed by atoms with Crippen molar-refractivity contribution in [2.24, 2.45) is 5.92 Å². The largest absolute Gasteiger partial charge is 0.374 e. The van der Waals surface area contributed by atoms with E-state index in [2.05, 4.69) is 38.8 Å². The predicted molar refractivity (Wildman–Crippen MR) is 68.6 cm³/mol. The van der Waals surface area contributed by atoms with Gasteiger partial charge in [-0.2, -0.15) is 5.26 Å². The molecule has 2 nitrogen and oxygen atoms in total. The lowest BCUT2D eigenvalue weighted by Crippen LogP contribution is -2.20. The fourth-order valence-corrected chi connectivity index (χ4v) is 1.73. The van der Waals surface area contributed by atoms with Crippen molar-refractivity contribution in [1.29, 1.82) is 5.26 Å². The van der Waals surface area contributed by atoms with Crippen LogP contribution in [0, 0.1) is 24.2 Å². The lowest BCUT2D eigenvalue weighted by atomic mass is 10.1. The Morgan fingerprint density at radius 3 is 2.56 bits per heavy atom. The minimum Gasteiger partial charge on any atom is -0.374 e. The van der Waals surface area contributed by atoms with E-state index in [9.17, 15) is 0 Å². The summed E-state index contributed by atoms with van der Waals surface area (Å²) in [6.07, 6.45) is 1.19. The zero-order chi connectivity index (χ0) is 12.1. The van der Waals surface area contributed by atoms with Gasteiger partial charge in [-0.3, -0.25) is 0 Å². The number of aryl methyl sites for hydroxylation is 1. The number of nitrogens with zero attached hydrogens (tertiary/aromatic N) is 2. The Morgan fingerprint density at radius 2 is 2.06 bits per heavy atom. The molecule has 0 bridgehead atoms. The van der Waals surface area contributed by atoms with Gasteiger partial charge in [0.1, 0.15) is 0 Å². The smallest absolute Gasteiger partial charge is 0.0991 e. The van der Waals surface area contributed by atoms with Gasteiger partial charge in [-0.25, -0.2) is 0 Å². The molecule has 0 saturated carbocycles. The highest BCUT2D eigenvalue weighted by Gasteiger charge is 2.06. The van der Waals surface area contributed by atoms with Gasteiger partial charge in [0.05, 0.1) is 11.6 Å². The van der Waals surface area contributed by atoms with Crippen LogP contribution in [-0.2, 0) is 0 Å². The monoisotopic (exact) mass is 216 g/mol. The summed E-state index contributed by atoms with van der Waals surface area (Å²) < 4.78 is 0. The number of anilines is 1. The van der Waals surface area contributed by atoms with Crippen molar-refractivity contribution in [2.45, 2.75) is 27.2 Å². The van der Waals surface area contributed by atoms with Crippen molar-refractivity contribution in [3.63, 3.8) is 0 Å². The molecule has 0 radical (unpaired) electrons. The van der Waals surface area contributed by atoms with E-state index in [0.29, 0.717) is 0 Å². The Labute approximate surface area is 98.5 Å². The molecular weight excluding hydrogens is 196 g/mol. The molecule has 1 rings (SSSR count). The molecule has 1 aromatic rings. The third-order valence-corrected chi connectivity index (χ3v) is 2.78. The Balaban J connectivity index is 2.76. The molecule has 2 heteroatoms. The van der Waals surface area contributed by atoms with Crippen molar-refractivity contribution in [1.82, 2.24) is 0 Å². The molecule has 0 heterocycles. The number of hydrogen-bond donors (Lipinski definition) is 0. The van der Waals surface area contributed by atoms with Crippen LogP contribution >= 0.6 is 0 Å². The SMILES string of the molecule is Cc1cc(C#N)ccc1N(C)CCC(C)C. The highest BCUT2D eigenvalue weighted by atomic mass is 15.1. The lowest BCUT2D eigenvalue weighted by Gasteiger charge is -2.22. The van der Waals surface area contributed by atoms with Crippen LogP contribution in [0.4, 0.5) is 5.69 Å². The normalized spacial score (nSPS) is 10.2.